The van der Waals surface area contributed by atoms with Gasteiger partial charge in [0.1, 0.15) is 0 Å². The maximum Gasteiger partial charge on any atom is 0.0992 e. The van der Waals surface area contributed by atoms with Crippen molar-refractivity contribution in [2.45, 2.75) is 32.6 Å². The van der Waals surface area contributed by atoms with Crippen LogP contribution in [0.25, 0.3) is 57.2 Å². The molecule has 246 valence electrons. The van der Waals surface area contributed by atoms with Crippen molar-refractivity contribution in [2.75, 3.05) is 0 Å². The molecule has 0 saturated heterocycles. The van der Waals surface area contributed by atoms with Gasteiger partial charge in [0.15, 0.2) is 0 Å². The molecule has 2 aliphatic carbocycles. The normalized spacial score (nSPS) is 14.1. The Bertz CT molecular complexity index is 2470. The van der Waals surface area contributed by atoms with Crippen molar-refractivity contribution in [2.24, 2.45) is 0 Å². The van der Waals surface area contributed by atoms with Gasteiger partial charge < -0.3 is 9.13 Å². The lowest BCUT2D eigenvalue weighted by Gasteiger charge is -2.20. The number of fused-ring (bicyclic) bond motifs is 4. The van der Waals surface area contributed by atoms with Gasteiger partial charge in [-0.3, -0.25) is 0 Å². The number of rotatable bonds is 9. The zero-order chi connectivity index (χ0) is 35.3. The van der Waals surface area contributed by atoms with Gasteiger partial charge in [0, 0.05) is 16.8 Å². The first-order valence-electron chi connectivity index (χ1n) is 17.3. The van der Waals surface area contributed by atoms with Crippen molar-refractivity contribution >= 4 is 40.4 Å². The van der Waals surface area contributed by atoms with Crippen LogP contribution >= 0.6 is 0 Å². The monoisotopic (exact) mass is 658 g/mol. The molecule has 0 N–H and O–H groups in total. The SMILES string of the molecule is C=C/C=C\C(=C(/CC#N)c1cccc(-c2ccc(-n3c4c(c5ccccc53)CC=CC=C4)cc2)c1)n1c(/C=C(/C#N)C=C)c(C)c2c1CCC=C2. The van der Waals surface area contributed by atoms with Gasteiger partial charge in [0.25, 0.3) is 0 Å². The third kappa shape index (κ3) is 6.10. The Morgan fingerprint density at radius 2 is 1.76 bits per heavy atom. The van der Waals surface area contributed by atoms with Crippen LogP contribution < -0.4 is 0 Å². The number of benzene rings is 3. The van der Waals surface area contributed by atoms with Crippen LogP contribution in [0.15, 0.2) is 140 Å². The van der Waals surface area contributed by atoms with Gasteiger partial charge in [-0.05, 0) is 108 Å². The molecule has 51 heavy (non-hydrogen) atoms. The van der Waals surface area contributed by atoms with Crippen LogP contribution in [-0.2, 0) is 12.8 Å². The Kier molecular flexibility index (Phi) is 9.34. The quantitative estimate of drug-likeness (QED) is 0.117. The van der Waals surface area contributed by atoms with Crippen LogP contribution in [0.3, 0.4) is 0 Å². The maximum atomic E-state index is 10.2. The molecule has 7 rings (SSSR count). The summed E-state index contributed by atoms with van der Waals surface area (Å²) >= 11 is 0. The number of hydrogen-bond donors (Lipinski definition) is 0. The molecular formula is C47H38N4. The smallest absolute Gasteiger partial charge is 0.0992 e. The molecule has 2 heterocycles. The van der Waals surface area contributed by atoms with Gasteiger partial charge in [0.2, 0.25) is 0 Å². The Hall–Kier alpha value is -6.62. The lowest BCUT2D eigenvalue weighted by Crippen LogP contribution is -2.08. The molecule has 0 radical (unpaired) electrons. The molecule has 0 unspecified atom stereocenters. The highest BCUT2D eigenvalue weighted by molar-refractivity contribution is 5.93. The molecule has 0 atom stereocenters. The number of hydrogen-bond acceptors (Lipinski definition) is 2. The van der Waals surface area contributed by atoms with Crippen molar-refractivity contribution < 1.29 is 0 Å². The fraction of sp³-hybridized carbons (Fsp3) is 0.106. The summed E-state index contributed by atoms with van der Waals surface area (Å²) in [4.78, 5) is 0. The summed E-state index contributed by atoms with van der Waals surface area (Å²) in [6.07, 6.45) is 25.1. The van der Waals surface area contributed by atoms with Crippen molar-refractivity contribution in [1.29, 1.82) is 10.5 Å². The second-order valence-electron chi connectivity index (χ2n) is 12.7. The van der Waals surface area contributed by atoms with Gasteiger partial charge >= 0.3 is 0 Å². The second kappa shape index (κ2) is 14.5. The van der Waals surface area contributed by atoms with Crippen LogP contribution in [0.5, 0.6) is 0 Å². The van der Waals surface area contributed by atoms with E-state index in [2.05, 4.69) is 151 Å². The van der Waals surface area contributed by atoms with Crippen LogP contribution in [-0.4, -0.2) is 9.13 Å². The topological polar surface area (TPSA) is 57.4 Å². The average Bonchev–Trinajstić information content (AvgIpc) is 3.50. The molecule has 0 aliphatic heterocycles. The largest absolute Gasteiger partial charge is 0.313 e. The van der Waals surface area contributed by atoms with E-state index >= 15 is 0 Å². The van der Waals surface area contributed by atoms with Crippen LogP contribution in [0.2, 0.25) is 0 Å². The summed E-state index contributed by atoms with van der Waals surface area (Å²) < 4.78 is 4.59. The van der Waals surface area contributed by atoms with Gasteiger partial charge in [-0.25, -0.2) is 0 Å². The molecule has 4 nitrogen and oxygen atoms in total. The fourth-order valence-electron chi connectivity index (χ4n) is 7.39. The molecule has 0 spiro atoms. The number of aromatic nitrogens is 2. The van der Waals surface area contributed by atoms with E-state index in [9.17, 15) is 10.5 Å². The molecule has 0 saturated carbocycles. The third-order valence-corrected chi connectivity index (χ3v) is 9.79. The van der Waals surface area contributed by atoms with Crippen molar-refractivity contribution in [3.63, 3.8) is 0 Å². The van der Waals surface area contributed by atoms with E-state index in [-0.39, 0.29) is 6.42 Å². The lowest BCUT2D eigenvalue weighted by atomic mass is 9.95. The van der Waals surface area contributed by atoms with Gasteiger partial charge in [-0.1, -0.05) is 110 Å². The lowest BCUT2D eigenvalue weighted by molar-refractivity contribution is 0.884. The third-order valence-electron chi connectivity index (χ3n) is 9.79. The number of nitriles is 2. The number of allylic oxidation sites excluding steroid dienone is 11. The van der Waals surface area contributed by atoms with Gasteiger partial charge in [-0.15, -0.1) is 0 Å². The summed E-state index contributed by atoms with van der Waals surface area (Å²) in [6.45, 7) is 9.91. The molecule has 4 heteroatoms. The summed E-state index contributed by atoms with van der Waals surface area (Å²) in [5.74, 6) is 0. The summed E-state index contributed by atoms with van der Waals surface area (Å²) in [7, 11) is 0. The first-order chi connectivity index (χ1) is 25.1. The van der Waals surface area contributed by atoms with E-state index in [0.717, 1.165) is 75.4 Å². The number of nitrogens with zero attached hydrogens (tertiary/aromatic N) is 4. The molecule has 0 amide bonds. The standard InChI is InChI=1S/C47H38N4/c1-4-6-20-44(51-43-22-12-10-17-39(43)33(3)47(51)30-34(5-2)32-49)40(28-29-48)37-16-14-15-36(31-37)35-24-26-38(27-25-35)50-45-21-9-7-8-18-41(45)42-19-11-13-23-46(42)50/h4-11,13-17,19-21,23-27,30-31H,1-2,12,18,22,28H2,3H3/b20-6-,34-30+,44-40-. The zero-order valence-corrected chi connectivity index (χ0v) is 28.8. The van der Waals surface area contributed by atoms with Crippen LogP contribution in [0.1, 0.15) is 52.2 Å². The Labute approximate surface area is 300 Å². The van der Waals surface area contributed by atoms with Crippen LogP contribution in [0, 0.1) is 29.6 Å². The molecule has 0 fully saturated rings. The van der Waals surface area contributed by atoms with E-state index in [1.807, 2.05) is 18.2 Å². The van der Waals surface area contributed by atoms with E-state index in [1.54, 1.807) is 12.2 Å². The molecule has 3 aromatic carbocycles. The molecule has 5 aromatic rings. The molecular weight excluding hydrogens is 621 g/mol. The predicted octanol–water partition coefficient (Wildman–Crippen LogP) is 11.6. The highest BCUT2D eigenvalue weighted by atomic mass is 15.0. The molecule has 2 aromatic heterocycles. The van der Waals surface area contributed by atoms with Gasteiger partial charge in [-0.2, -0.15) is 10.5 Å². The van der Waals surface area contributed by atoms with Gasteiger partial charge in [0.05, 0.1) is 46.7 Å². The van der Waals surface area contributed by atoms with E-state index in [4.69, 9.17) is 0 Å². The predicted molar refractivity (Wildman–Crippen MR) is 214 cm³/mol. The van der Waals surface area contributed by atoms with Crippen molar-refractivity contribution in [1.82, 2.24) is 9.13 Å². The fourth-order valence-corrected chi connectivity index (χ4v) is 7.39. The number of para-hydroxylation sites is 1. The van der Waals surface area contributed by atoms with E-state index < -0.39 is 0 Å². The molecule has 0 bridgehead atoms. The summed E-state index contributed by atoms with van der Waals surface area (Å²) in [5.41, 5.74) is 14.6. The minimum Gasteiger partial charge on any atom is -0.313 e. The average molecular weight is 659 g/mol. The summed E-state index contributed by atoms with van der Waals surface area (Å²) in [6, 6.07) is 30.5. The van der Waals surface area contributed by atoms with E-state index in [0.29, 0.717) is 5.57 Å². The van der Waals surface area contributed by atoms with Crippen molar-refractivity contribution in [3.05, 3.63) is 179 Å². The van der Waals surface area contributed by atoms with Crippen molar-refractivity contribution in [3.8, 4) is 29.0 Å². The first-order valence-corrected chi connectivity index (χ1v) is 17.3. The Morgan fingerprint density at radius 3 is 2.55 bits per heavy atom. The Balaban J connectivity index is 1.37. The minimum atomic E-state index is 0.199. The van der Waals surface area contributed by atoms with Crippen LogP contribution in [0.4, 0.5) is 0 Å². The highest BCUT2D eigenvalue weighted by Crippen LogP contribution is 2.38. The first kappa shape index (κ1) is 32.9. The minimum absolute atomic E-state index is 0.199. The molecule has 2 aliphatic rings. The summed E-state index contributed by atoms with van der Waals surface area (Å²) in [5, 5.41) is 21.3. The second-order valence-corrected chi connectivity index (χ2v) is 12.7. The van der Waals surface area contributed by atoms with E-state index in [1.165, 1.54) is 22.2 Å². The maximum absolute atomic E-state index is 10.2. The Morgan fingerprint density at radius 1 is 0.922 bits per heavy atom. The zero-order valence-electron chi connectivity index (χ0n) is 28.8. The highest BCUT2D eigenvalue weighted by Gasteiger charge is 2.23.